The van der Waals surface area contributed by atoms with E-state index in [2.05, 4.69) is 0 Å². The third kappa shape index (κ3) is 4.04. The number of carbonyl (C=O) groups is 1. The number of carbonyl (C=O) groups excluding carboxylic acids is 1. The normalized spacial score (nSPS) is 18.8. The minimum atomic E-state index is -0.140. The second-order valence-corrected chi connectivity index (χ2v) is 4.65. The molecule has 1 unspecified atom stereocenters. The summed E-state index contributed by atoms with van der Waals surface area (Å²) in [5.74, 6) is 0.240. The third-order valence-corrected chi connectivity index (χ3v) is 3.10. The maximum Gasteiger partial charge on any atom is 0.306 e. The Balaban J connectivity index is 1.66. The van der Waals surface area contributed by atoms with Gasteiger partial charge in [0.1, 0.15) is 0 Å². The zero-order valence-electron chi connectivity index (χ0n) is 10.4. The molecule has 0 saturated carbocycles. The highest BCUT2D eigenvalue weighted by molar-refractivity contribution is 5.69. The summed E-state index contributed by atoms with van der Waals surface area (Å²) in [7, 11) is 0. The lowest BCUT2D eigenvalue weighted by molar-refractivity contribution is -0.144. The summed E-state index contributed by atoms with van der Waals surface area (Å²) in [5, 5.41) is 0. The van der Waals surface area contributed by atoms with Gasteiger partial charge in [0.05, 0.1) is 13.2 Å². The van der Waals surface area contributed by atoms with Crippen molar-refractivity contribution >= 4 is 11.7 Å². The van der Waals surface area contributed by atoms with E-state index in [1.54, 1.807) is 0 Å². The van der Waals surface area contributed by atoms with Crippen LogP contribution in [0.2, 0.25) is 0 Å². The zero-order valence-corrected chi connectivity index (χ0v) is 10.4. The van der Waals surface area contributed by atoms with E-state index in [-0.39, 0.29) is 5.97 Å². The molecule has 4 nitrogen and oxygen atoms in total. The van der Waals surface area contributed by atoms with Crippen LogP contribution in [0.3, 0.4) is 0 Å². The quantitative estimate of drug-likeness (QED) is 0.638. The molecule has 0 aliphatic carbocycles. The minimum Gasteiger partial charge on any atom is -0.465 e. The fourth-order valence-electron chi connectivity index (χ4n) is 1.93. The largest absolute Gasteiger partial charge is 0.465 e. The van der Waals surface area contributed by atoms with Crippen LogP contribution in [0.25, 0.3) is 0 Å². The Morgan fingerprint density at radius 3 is 2.83 bits per heavy atom. The van der Waals surface area contributed by atoms with Gasteiger partial charge in [0.2, 0.25) is 0 Å². The van der Waals surface area contributed by atoms with Gasteiger partial charge in [-0.25, -0.2) is 0 Å². The summed E-state index contributed by atoms with van der Waals surface area (Å²) in [6, 6.07) is 7.56. The van der Waals surface area contributed by atoms with E-state index < -0.39 is 0 Å². The number of rotatable bonds is 5. The van der Waals surface area contributed by atoms with Crippen LogP contribution < -0.4 is 5.73 Å². The summed E-state index contributed by atoms with van der Waals surface area (Å²) in [6.45, 7) is 1.99. The number of hydrogen-bond donors (Lipinski definition) is 1. The van der Waals surface area contributed by atoms with E-state index in [4.69, 9.17) is 15.2 Å². The van der Waals surface area contributed by atoms with E-state index in [1.165, 1.54) is 0 Å². The highest BCUT2D eigenvalue weighted by Gasteiger charge is 2.17. The molecule has 1 fully saturated rings. The van der Waals surface area contributed by atoms with Crippen LogP contribution in [-0.4, -0.2) is 25.8 Å². The number of esters is 1. The molecule has 0 aromatic heterocycles. The molecule has 18 heavy (non-hydrogen) atoms. The molecule has 1 aliphatic heterocycles. The molecule has 1 atom stereocenters. The van der Waals surface area contributed by atoms with Crippen LogP contribution >= 0.6 is 0 Å². The van der Waals surface area contributed by atoms with Crippen molar-refractivity contribution in [3.05, 3.63) is 29.8 Å². The molecular formula is C14H19NO3. The van der Waals surface area contributed by atoms with Gasteiger partial charge in [-0.3, -0.25) is 4.79 Å². The average Bonchev–Trinajstić information content (AvgIpc) is 2.89. The van der Waals surface area contributed by atoms with Gasteiger partial charge in [0, 0.05) is 24.6 Å². The lowest BCUT2D eigenvalue weighted by Crippen LogP contribution is -2.14. The molecule has 1 aromatic rings. The van der Waals surface area contributed by atoms with Crippen molar-refractivity contribution < 1.29 is 14.3 Å². The van der Waals surface area contributed by atoms with Gasteiger partial charge in [0.25, 0.3) is 0 Å². The first-order chi connectivity index (χ1) is 8.74. The maximum absolute atomic E-state index is 11.6. The molecule has 98 valence electrons. The molecule has 1 aromatic carbocycles. The van der Waals surface area contributed by atoms with Crippen LogP contribution in [0.15, 0.2) is 24.3 Å². The van der Waals surface area contributed by atoms with E-state index in [9.17, 15) is 4.79 Å². The predicted molar refractivity (Wildman–Crippen MR) is 69.1 cm³/mol. The first-order valence-corrected chi connectivity index (χ1v) is 6.32. The standard InChI is InChI=1S/C14H19NO3/c15-13-4-1-11(2-5-13)3-6-14(16)18-10-12-7-8-17-9-12/h1-2,4-5,12H,3,6-10,15H2. The maximum atomic E-state index is 11.6. The lowest BCUT2D eigenvalue weighted by atomic mass is 10.1. The second kappa shape index (κ2) is 6.40. The van der Waals surface area contributed by atoms with Crippen LogP contribution in [0.4, 0.5) is 5.69 Å². The molecular weight excluding hydrogens is 230 g/mol. The molecule has 2 rings (SSSR count). The number of nitrogens with two attached hydrogens (primary N) is 1. The van der Waals surface area contributed by atoms with Crippen molar-refractivity contribution in [1.82, 2.24) is 0 Å². The first-order valence-electron chi connectivity index (χ1n) is 6.32. The second-order valence-electron chi connectivity index (χ2n) is 4.65. The Bertz CT molecular complexity index is 383. The van der Waals surface area contributed by atoms with Crippen molar-refractivity contribution in [2.24, 2.45) is 5.92 Å². The number of benzene rings is 1. The van der Waals surface area contributed by atoms with Crippen LogP contribution in [0.1, 0.15) is 18.4 Å². The zero-order chi connectivity index (χ0) is 12.8. The minimum absolute atomic E-state index is 0.140. The summed E-state index contributed by atoms with van der Waals surface area (Å²) >= 11 is 0. The smallest absolute Gasteiger partial charge is 0.306 e. The summed E-state index contributed by atoms with van der Waals surface area (Å²) in [5.41, 5.74) is 7.44. The van der Waals surface area contributed by atoms with E-state index in [1.807, 2.05) is 24.3 Å². The highest BCUT2D eigenvalue weighted by atomic mass is 16.5. The fourth-order valence-corrected chi connectivity index (χ4v) is 1.93. The topological polar surface area (TPSA) is 61.6 Å². The molecule has 0 amide bonds. The molecule has 1 saturated heterocycles. The highest BCUT2D eigenvalue weighted by Crippen LogP contribution is 2.13. The van der Waals surface area contributed by atoms with Gasteiger partial charge < -0.3 is 15.2 Å². The molecule has 0 spiro atoms. The molecule has 0 radical (unpaired) electrons. The number of anilines is 1. The molecule has 4 heteroatoms. The van der Waals surface area contributed by atoms with Crippen LogP contribution in [-0.2, 0) is 20.7 Å². The molecule has 1 heterocycles. The van der Waals surface area contributed by atoms with Gasteiger partial charge in [-0.05, 0) is 30.5 Å². The van der Waals surface area contributed by atoms with Crippen molar-refractivity contribution in [3.63, 3.8) is 0 Å². The Kier molecular flexibility index (Phi) is 4.59. The van der Waals surface area contributed by atoms with Crippen molar-refractivity contribution in [1.29, 1.82) is 0 Å². The molecule has 0 bridgehead atoms. The van der Waals surface area contributed by atoms with Crippen LogP contribution in [0, 0.1) is 5.92 Å². The Morgan fingerprint density at radius 2 is 2.17 bits per heavy atom. The summed E-state index contributed by atoms with van der Waals surface area (Å²) in [4.78, 5) is 11.6. The third-order valence-electron chi connectivity index (χ3n) is 3.10. The fraction of sp³-hybridized carbons (Fsp3) is 0.500. The van der Waals surface area contributed by atoms with Crippen LogP contribution in [0.5, 0.6) is 0 Å². The molecule has 1 aliphatic rings. The monoisotopic (exact) mass is 249 g/mol. The SMILES string of the molecule is Nc1ccc(CCC(=O)OCC2CCOC2)cc1. The summed E-state index contributed by atoms with van der Waals surface area (Å²) < 4.78 is 10.5. The predicted octanol–water partition coefficient (Wildman–Crippen LogP) is 1.78. The van der Waals surface area contributed by atoms with Gasteiger partial charge in [-0.2, -0.15) is 0 Å². The average molecular weight is 249 g/mol. The van der Waals surface area contributed by atoms with Gasteiger partial charge in [-0.1, -0.05) is 12.1 Å². The first kappa shape index (κ1) is 12.9. The van der Waals surface area contributed by atoms with Gasteiger partial charge in [-0.15, -0.1) is 0 Å². The van der Waals surface area contributed by atoms with Crippen molar-refractivity contribution in [2.45, 2.75) is 19.3 Å². The number of nitrogen functional groups attached to an aromatic ring is 1. The summed E-state index contributed by atoms with van der Waals surface area (Å²) in [6.07, 6.45) is 2.10. The number of hydrogen-bond acceptors (Lipinski definition) is 4. The van der Waals surface area contributed by atoms with Gasteiger partial charge in [0.15, 0.2) is 0 Å². The number of ether oxygens (including phenoxy) is 2. The van der Waals surface area contributed by atoms with Crippen molar-refractivity contribution in [2.75, 3.05) is 25.6 Å². The van der Waals surface area contributed by atoms with E-state index in [0.717, 1.165) is 24.3 Å². The van der Waals surface area contributed by atoms with E-state index in [0.29, 0.717) is 32.0 Å². The van der Waals surface area contributed by atoms with Crippen molar-refractivity contribution in [3.8, 4) is 0 Å². The number of aryl methyl sites for hydroxylation is 1. The Labute approximate surface area is 107 Å². The van der Waals surface area contributed by atoms with E-state index >= 15 is 0 Å². The Morgan fingerprint density at radius 1 is 1.39 bits per heavy atom. The lowest BCUT2D eigenvalue weighted by Gasteiger charge is -2.08. The molecule has 2 N–H and O–H groups in total. The van der Waals surface area contributed by atoms with Gasteiger partial charge >= 0.3 is 5.97 Å². The Hall–Kier alpha value is -1.55.